The van der Waals surface area contributed by atoms with E-state index in [1.54, 1.807) is 0 Å². The Morgan fingerprint density at radius 3 is 2.79 bits per heavy atom. The van der Waals surface area contributed by atoms with Crippen molar-refractivity contribution in [1.82, 2.24) is 10.1 Å². The molecule has 0 spiro atoms. The van der Waals surface area contributed by atoms with Crippen molar-refractivity contribution < 1.29 is 4.52 Å². The minimum Gasteiger partial charge on any atom is -0.296 e. The van der Waals surface area contributed by atoms with Crippen molar-refractivity contribution in [2.24, 2.45) is 11.8 Å². The van der Waals surface area contributed by atoms with E-state index >= 15 is 0 Å². The Morgan fingerprint density at radius 2 is 2.21 bits per heavy atom. The van der Waals surface area contributed by atoms with Crippen molar-refractivity contribution in [1.29, 1.82) is 0 Å². The van der Waals surface area contributed by atoms with Crippen LogP contribution < -0.4 is 5.76 Å². The van der Waals surface area contributed by atoms with Crippen LogP contribution in [0.1, 0.15) is 19.7 Å². The van der Waals surface area contributed by atoms with E-state index in [-0.39, 0.29) is 0 Å². The van der Waals surface area contributed by atoms with Gasteiger partial charge in [-0.25, -0.2) is 4.79 Å². The highest BCUT2D eigenvalue weighted by Crippen LogP contribution is 2.25. The third-order valence-electron chi connectivity index (χ3n) is 2.56. The zero-order chi connectivity index (χ0) is 10.1. The SMILES string of the molecule is CC1C=CC(c2noc(=O)[nH]2)=CC1C. The maximum atomic E-state index is 10.7. The van der Waals surface area contributed by atoms with E-state index in [1.165, 1.54) is 0 Å². The number of hydrogen-bond donors (Lipinski definition) is 1. The molecule has 2 atom stereocenters. The molecular formula is C10H12N2O2. The number of H-pyrrole nitrogens is 1. The standard InChI is InChI=1S/C10H12N2O2/c1-6-3-4-8(5-7(6)2)9-11-10(13)14-12-9/h3-7H,1-2H3,(H,11,12,13). The smallest absolute Gasteiger partial charge is 0.296 e. The van der Waals surface area contributed by atoms with E-state index in [4.69, 9.17) is 0 Å². The number of aromatic nitrogens is 2. The molecule has 1 N–H and O–H groups in total. The van der Waals surface area contributed by atoms with Gasteiger partial charge in [0.15, 0.2) is 5.82 Å². The maximum absolute atomic E-state index is 10.7. The lowest BCUT2D eigenvalue weighted by Gasteiger charge is -2.17. The Bertz CT molecular complexity index is 439. The van der Waals surface area contributed by atoms with E-state index in [1.807, 2.05) is 6.08 Å². The van der Waals surface area contributed by atoms with Gasteiger partial charge in [0.2, 0.25) is 0 Å². The van der Waals surface area contributed by atoms with Gasteiger partial charge in [-0.15, -0.1) is 0 Å². The summed E-state index contributed by atoms with van der Waals surface area (Å²) in [7, 11) is 0. The lowest BCUT2D eigenvalue weighted by Crippen LogP contribution is -2.07. The largest absolute Gasteiger partial charge is 0.439 e. The maximum Gasteiger partial charge on any atom is 0.439 e. The number of nitrogens with zero attached hydrogens (tertiary/aromatic N) is 1. The Labute approximate surface area is 81.3 Å². The molecule has 74 valence electrons. The molecule has 0 aromatic carbocycles. The van der Waals surface area contributed by atoms with Crippen LogP contribution in [0.25, 0.3) is 5.57 Å². The summed E-state index contributed by atoms with van der Waals surface area (Å²) in [6.07, 6.45) is 6.14. The monoisotopic (exact) mass is 192 g/mol. The average Bonchev–Trinajstić information content (AvgIpc) is 2.57. The van der Waals surface area contributed by atoms with E-state index in [0.29, 0.717) is 17.7 Å². The number of rotatable bonds is 1. The summed E-state index contributed by atoms with van der Waals surface area (Å²) in [5.41, 5.74) is 0.918. The summed E-state index contributed by atoms with van der Waals surface area (Å²) in [6, 6.07) is 0. The fraction of sp³-hybridized carbons (Fsp3) is 0.400. The van der Waals surface area contributed by atoms with E-state index < -0.39 is 5.76 Å². The van der Waals surface area contributed by atoms with Crippen LogP contribution in [0.4, 0.5) is 0 Å². The van der Waals surface area contributed by atoms with Crippen molar-refractivity contribution in [3.05, 3.63) is 34.6 Å². The van der Waals surface area contributed by atoms with Crippen LogP contribution in [-0.2, 0) is 0 Å². The first-order valence-corrected chi connectivity index (χ1v) is 4.63. The van der Waals surface area contributed by atoms with Gasteiger partial charge in [-0.1, -0.05) is 37.2 Å². The summed E-state index contributed by atoms with van der Waals surface area (Å²) < 4.78 is 4.44. The third-order valence-corrected chi connectivity index (χ3v) is 2.56. The average molecular weight is 192 g/mol. The van der Waals surface area contributed by atoms with E-state index in [9.17, 15) is 4.79 Å². The molecule has 0 amide bonds. The number of aromatic amines is 1. The van der Waals surface area contributed by atoms with Crippen molar-refractivity contribution in [2.45, 2.75) is 13.8 Å². The van der Waals surface area contributed by atoms with Crippen LogP contribution >= 0.6 is 0 Å². The molecule has 4 nitrogen and oxygen atoms in total. The van der Waals surface area contributed by atoms with Gasteiger partial charge in [0.1, 0.15) is 0 Å². The van der Waals surface area contributed by atoms with Crippen molar-refractivity contribution >= 4 is 5.57 Å². The summed E-state index contributed by atoms with van der Waals surface area (Å²) in [6.45, 7) is 4.28. The molecule has 0 radical (unpaired) electrons. The van der Waals surface area contributed by atoms with E-state index in [0.717, 1.165) is 5.57 Å². The lowest BCUT2D eigenvalue weighted by molar-refractivity contribution is 0.385. The van der Waals surface area contributed by atoms with Crippen molar-refractivity contribution in [3.63, 3.8) is 0 Å². The zero-order valence-electron chi connectivity index (χ0n) is 8.15. The second-order valence-electron chi connectivity index (χ2n) is 3.64. The molecule has 1 heterocycles. The van der Waals surface area contributed by atoms with Gasteiger partial charge in [-0.2, -0.15) is 0 Å². The molecule has 0 aliphatic heterocycles. The number of nitrogens with one attached hydrogen (secondary N) is 1. The van der Waals surface area contributed by atoms with Gasteiger partial charge < -0.3 is 0 Å². The Kier molecular flexibility index (Phi) is 2.11. The minimum atomic E-state index is -0.513. The van der Waals surface area contributed by atoms with Gasteiger partial charge in [0, 0.05) is 5.57 Å². The minimum absolute atomic E-state index is 0.454. The Balaban J connectivity index is 2.33. The van der Waals surface area contributed by atoms with Gasteiger partial charge in [0.05, 0.1) is 0 Å². The van der Waals surface area contributed by atoms with Gasteiger partial charge in [-0.05, 0) is 11.8 Å². The molecule has 4 heteroatoms. The summed E-state index contributed by atoms with van der Waals surface area (Å²) in [5, 5.41) is 3.64. The zero-order valence-corrected chi connectivity index (χ0v) is 8.15. The number of hydrogen-bond acceptors (Lipinski definition) is 3. The molecule has 1 aromatic rings. The van der Waals surface area contributed by atoms with Crippen LogP contribution in [0, 0.1) is 11.8 Å². The predicted octanol–water partition coefficient (Wildman–Crippen LogP) is 1.59. The van der Waals surface area contributed by atoms with Crippen LogP contribution in [-0.4, -0.2) is 10.1 Å². The summed E-state index contributed by atoms with van der Waals surface area (Å²) in [5.74, 6) is 0.971. The van der Waals surface area contributed by atoms with Crippen molar-refractivity contribution in [3.8, 4) is 0 Å². The lowest BCUT2D eigenvalue weighted by atomic mass is 9.88. The molecule has 1 aromatic heterocycles. The van der Waals surface area contributed by atoms with Crippen LogP contribution in [0.5, 0.6) is 0 Å². The van der Waals surface area contributed by atoms with E-state index in [2.05, 4.69) is 40.7 Å². The molecule has 14 heavy (non-hydrogen) atoms. The topological polar surface area (TPSA) is 58.9 Å². The molecule has 1 aliphatic rings. The van der Waals surface area contributed by atoms with Crippen LogP contribution in [0.15, 0.2) is 27.5 Å². The van der Waals surface area contributed by atoms with Gasteiger partial charge in [-0.3, -0.25) is 9.51 Å². The highest BCUT2D eigenvalue weighted by atomic mass is 16.5. The molecule has 0 bridgehead atoms. The Morgan fingerprint density at radius 1 is 1.43 bits per heavy atom. The molecule has 0 saturated carbocycles. The molecule has 1 aliphatic carbocycles. The Hall–Kier alpha value is -1.58. The summed E-state index contributed by atoms with van der Waals surface area (Å²) >= 11 is 0. The van der Waals surface area contributed by atoms with Gasteiger partial charge >= 0.3 is 5.76 Å². The number of allylic oxidation sites excluding steroid dienone is 4. The normalized spacial score (nSPS) is 26.3. The third kappa shape index (κ3) is 1.55. The second kappa shape index (κ2) is 3.29. The highest BCUT2D eigenvalue weighted by molar-refractivity contribution is 5.70. The summed E-state index contributed by atoms with van der Waals surface area (Å²) in [4.78, 5) is 13.3. The molecule has 0 saturated heterocycles. The second-order valence-corrected chi connectivity index (χ2v) is 3.64. The molecule has 2 unspecified atom stereocenters. The fourth-order valence-corrected chi connectivity index (χ4v) is 1.43. The highest BCUT2D eigenvalue weighted by Gasteiger charge is 2.15. The van der Waals surface area contributed by atoms with Crippen LogP contribution in [0.2, 0.25) is 0 Å². The first kappa shape index (κ1) is 8.99. The molecular weight excluding hydrogens is 180 g/mol. The van der Waals surface area contributed by atoms with Crippen LogP contribution in [0.3, 0.4) is 0 Å². The quantitative estimate of drug-likeness (QED) is 0.735. The first-order chi connectivity index (χ1) is 6.66. The molecule has 0 fully saturated rings. The molecule has 2 rings (SSSR count). The fourth-order valence-electron chi connectivity index (χ4n) is 1.43. The first-order valence-electron chi connectivity index (χ1n) is 4.63. The van der Waals surface area contributed by atoms with Gasteiger partial charge in [0.25, 0.3) is 0 Å². The van der Waals surface area contributed by atoms with Crippen molar-refractivity contribution in [2.75, 3.05) is 0 Å². The predicted molar refractivity (Wildman–Crippen MR) is 52.6 cm³/mol.